The second-order valence-electron chi connectivity index (χ2n) is 7.47. The number of ether oxygens (including phenoxy) is 1. The molecule has 0 saturated heterocycles. The molecule has 10 heteroatoms. The lowest BCUT2D eigenvalue weighted by atomic mass is 10.0. The third-order valence-electron chi connectivity index (χ3n) is 4.77. The zero-order chi connectivity index (χ0) is 24.0. The molecule has 1 aromatic heterocycles. The van der Waals surface area contributed by atoms with E-state index in [2.05, 4.69) is 15.0 Å². The van der Waals surface area contributed by atoms with Gasteiger partial charge in [0, 0.05) is 31.8 Å². The van der Waals surface area contributed by atoms with Crippen LogP contribution in [0.3, 0.4) is 0 Å². The summed E-state index contributed by atoms with van der Waals surface area (Å²) < 4.78 is 33.1. The van der Waals surface area contributed by atoms with Crippen molar-refractivity contribution in [2.75, 3.05) is 4.72 Å². The molecule has 0 atom stereocenters. The molecule has 0 spiro atoms. The molecular formula is C23H25N3O6S. The monoisotopic (exact) mass is 471 g/mol. The minimum absolute atomic E-state index is 0.0551. The Kier molecular flexibility index (Phi) is 7.49. The van der Waals surface area contributed by atoms with E-state index in [9.17, 15) is 23.1 Å². The Balaban J connectivity index is 1.73. The summed E-state index contributed by atoms with van der Waals surface area (Å²) in [5.74, 6) is -0.453. The van der Waals surface area contributed by atoms with Gasteiger partial charge in [0.2, 0.25) is 5.91 Å². The highest BCUT2D eigenvalue weighted by Crippen LogP contribution is 2.26. The molecule has 1 aliphatic rings. The van der Waals surface area contributed by atoms with Crippen molar-refractivity contribution in [2.24, 2.45) is 0 Å². The minimum Gasteiger partial charge on any atom is -0.511 e. The van der Waals surface area contributed by atoms with Crippen molar-refractivity contribution in [3.8, 4) is 0 Å². The average Bonchev–Trinajstić information content (AvgIpc) is 2.75. The van der Waals surface area contributed by atoms with Gasteiger partial charge in [-0.25, -0.2) is 9.78 Å². The van der Waals surface area contributed by atoms with E-state index in [0.717, 1.165) is 0 Å². The van der Waals surface area contributed by atoms with Crippen LogP contribution in [0, 0.1) is 0 Å². The third-order valence-corrected chi connectivity index (χ3v) is 6.06. The Morgan fingerprint density at radius 3 is 2.67 bits per heavy atom. The molecule has 0 radical (unpaired) electrons. The van der Waals surface area contributed by atoms with Crippen LogP contribution >= 0.6 is 0 Å². The van der Waals surface area contributed by atoms with Crippen molar-refractivity contribution >= 4 is 27.6 Å². The van der Waals surface area contributed by atoms with Gasteiger partial charge in [0.05, 0.1) is 12.0 Å². The summed E-state index contributed by atoms with van der Waals surface area (Å²) in [7, 11) is -3.96. The van der Waals surface area contributed by atoms with E-state index in [4.69, 9.17) is 4.74 Å². The molecule has 2 aromatic rings. The first-order valence-corrected chi connectivity index (χ1v) is 11.8. The molecule has 174 valence electrons. The van der Waals surface area contributed by atoms with Gasteiger partial charge in [0.1, 0.15) is 11.5 Å². The molecule has 0 fully saturated rings. The number of hydrogen-bond donors (Lipinski definition) is 3. The quantitative estimate of drug-likeness (QED) is 0.504. The molecule has 9 nitrogen and oxygen atoms in total. The Morgan fingerprint density at radius 2 is 2.03 bits per heavy atom. The molecule has 0 aliphatic carbocycles. The van der Waals surface area contributed by atoms with E-state index in [1.54, 1.807) is 36.4 Å². The smallest absolute Gasteiger partial charge is 0.342 e. The molecule has 1 aliphatic heterocycles. The fourth-order valence-electron chi connectivity index (χ4n) is 3.18. The number of nitrogens with zero attached hydrogens (tertiary/aromatic N) is 1. The number of carbonyl (C=O) groups excluding carboxylic acids is 2. The van der Waals surface area contributed by atoms with Crippen LogP contribution < -0.4 is 10.0 Å². The SMILES string of the molecule is CC/C=C1\CC(O)=C(Cc2cccc(NS(=O)(=O)c3ccc(CNC(C)=O)cn3)c2)C(=O)O1. The topological polar surface area (TPSA) is 135 Å². The Labute approximate surface area is 192 Å². The van der Waals surface area contributed by atoms with Gasteiger partial charge >= 0.3 is 5.97 Å². The zero-order valence-electron chi connectivity index (χ0n) is 18.3. The molecule has 1 aromatic carbocycles. The van der Waals surface area contributed by atoms with Gasteiger partial charge in [0.15, 0.2) is 5.03 Å². The summed E-state index contributed by atoms with van der Waals surface area (Å²) in [6.07, 6.45) is 4.04. The van der Waals surface area contributed by atoms with Crippen molar-refractivity contribution < 1.29 is 27.9 Å². The number of nitrogens with one attached hydrogen (secondary N) is 2. The number of aliphatic hydroxyl groups excluding tert-OH is 1. The first kappa shape index (κ1) is 24.0. The molecule has 1 amide bonds. The van der Waals surface area contributed by atoms with Crippen LogP contribution in [0.25, 0.3) is 0 Å². The largest absolute Gasteiger partial charge is 0.511 e. The highest BCUT2D eigenvalue weighted by atomic mass is 32.2. The van der Waals surface area contributed by atoms with E-state index in [0.29, 0.717) is 23.3 Å². The molecule has 2 heterocycles. The van der Waals surface area contributed by atoms with Crippen LogP contribution in [0.2, 0.25) is 0 Å². The predicted molar refractivity (Wildman–Crippen MR) is 121 cm³/mol. The lowest BCUT2D eigenvalue weighted by molar-refractivity contribution is -0.136. The zero-order valence-corrected chi connectivity index (χ0v) is 19.1. The second kappa shape index (κ2) is 10.3. The number of sulfonamides is 1. The fraction of sp³-hybridized carbons (Fsp3) is 0.261. The first-order chi connectivity index (χ1) is 15.7. The number of allylic oxidation sites excluding steroid dienone is 1. The van der Waals surface area contributed by atoms with E-state index in [1.165, 1.54) is 19.2 Å². The Morgan fingerprint density at radius 1 is 1.24 bits per heavy atom. The molecular weight excluding hydrogens is 446 g/mol. The average molecular weight is 472 g/mol. The Bertz CT molecular complexity index is 1220. The number of aliphatic hydroxyl groups is 1. The number of hydrogen-bond acceptors (Lipinski definition) is 7. The highest BCUT2D eigenvalue weighted by Gasteiger charge is 2.25. The van der Waals surface area contributed by atoms with E-state index in [1.807, 2.05) is 6.92 Å². The predicted octanol–water partition coefficient (Wildman–Crippen LogP) is 3.11. The molecule has 3 rings (SSSR count). The van der Waals surface area contributed by atoms with E-state index >= 15 is 0 Å². The lowest BCUT2D eigenvalue weighted by Gasteiger charge is -2.18. The standard InChI is InChI=1S/C23H25N3O6S/c1-3-5-19-12-21(28)20(23(29)32-19)11-16-6-4-7-18(10-16)26-33(30,31)22-9-8-17(14-25-22)13-24-15(2)27/h4-10,14,26,28H,3,11-13H2,1-2H3,(H,24,27)/b19-5+. The molecule has 3 N–H and O–H groups in total. The van der Waals surface area contributed by atoms with E-state index < -0.39 is 16.0 Å². The van der Waals surface area contributed by atoms with Gasteiger partial charge in [-0.15, -0.1) is 0 Å². The first-order valence-electron chi connectivity index (χ1n) is 10.3. The summed E-state index contributed by atoms with van der Waals surface area (Å²) in [5, 5.41) is 12.7. The lowest BCUT2D eigenvalue weighted by Crippen LogP contribution is -2.19. The maximum atomic E-state index is 12.7. The number of anilines is 1. The van der Waals surface area contributed by atoms with Crippen LogP contribution in [-0.4, -0.2) is 30.4 Å². The summed E-state index contributed by atoms with van der Waals surface area (Å²) >= 11 is 0. The molecule has 0 unspecified atom stereocenters. The van der Waals surface area contributed by atoms with Crippen LogP contribution in [0.15, 0.2) is 70.8 Å². The van der Waals surface area contributed by atoms with Gasteiger partial charge in [-0.05, 0) is 41.8 Å². The summed E-state index contributed by atoms with van der Waals surface area (Å²) in [4.78, 5) is 27.2. The molecule has 0 bridgehead atoms. The summed E-state index contributed by atoms with van der Waals surface area (Å²) in [6, 6.07) is 9.43. The fourth-order valence-corrected chi connectivity index (χ4v) is 4.16. The number of rotatable bonds is 8. The van der Waals surface area contributed by atoms with Crippen LogP contribution in [-0.2, 0) is 37.3 Å². The number of amides is 1. The number of benzene rings is 1. The van der Waals surface area contributed by atoms with Crippen molar-refractivity contribution in [1.29, 1.82) is 0 Å². The van der Waals surface area contributed by atoms with Crippen molar-refractivity contribution in [2.45, 2.75) is 44.7 Å². The number of carbonyl (C=O) groups is 2. The Hall–Kier alpha value is -3.66. The van der Waals surface area contributed by atoms with Gasteiger partial charge in [-0.2, -0.15) is 8.42 Å². The van der Waals surface area contributed by atoms with Crippen molar-refractivity contribution in [3.05, 3.63) is 76.9 Å². The van der Waals surface area contributed by atoms with Crippen molar-refractivity contribution in [3.63, 3.8) is 0 Å². The van der Waals surface area contributed by atoms with Gasteiger partial charge in [-0.3, -0.25) is 9.52 Å². The van der Waals surface area contributed by atoms with Crippen LogP contribution in [0.5, 0.6) is 0 Å². The van der Waals surface area contributed by atoms with Crippen LogP contribution in [0.1, 0.15) is 37.8 Å². The van der Waals surface area contributed by atoms with Gasteiger partial charge in [-0.1, -0.05) is 25.1 Å². The highest BCUT2D eigenvalue weighted by molar-refractivity contribution is 7.92. The number of esters is 1. The minimum atomic E-state index is -3.96. The molecule has 33 heavy (non-hydrogen) atoms. The van der Waals surface area contributed by atoms with Gasteiger partial charge in [0.25, 0.3) is 10.0 Å². The number of pyridine rings is 1. The molecule has 0 saturated carbocycles. The maximum Gasteiger partial charge on any atom is 0.342 e. The van der Waals surface area contributed by atoms with E-state index in [-0.39, 0.29) is 47.3 Å². The maximum absolute atomic E-state index is 12.7. The second-order valence-corrected chi connectivity index (χ2v) is 9.10. The number of aromatic nitrogens is 1. The van der Waals surface area contributed by atoms with Crippen molar-refractivity contribution in [1.82, 2.24) is 10.3 Å². The summed E-state index contributed by atoms with van der Waals surface area (Å²) in [6.45, 7) is 3.54. The normalized spacial score (nSPS) is 15.3. The van der Waals surface area contributed by atoms with Crippen LogP contribution in [0.4, 0.5) is 5.69 Å². The van der Waals surface area contributed by atoms with Gasteiger partial charge < -0.3 is 15.2 Å². The number of cyclic esters (lactones) is 1. The summed E-state index contributed by atoms with van der Waals surface area (Å²) in [5.41, 5.74) is 1.71. The third kappa shape index (κ3) is 6.42.